The minimum absolute atomic E-state index is 0.0318. The van der Waals surface area contributed by atoms with Crippen LogP contribution in [0.1, 0.15) is 11.1 Å². The van der Waals surface area contributed by atoms with Crippen LogP contribution in [0.5, 0.6) is 5.75 Å². The van der Waals surface area contributed by atoms with Gasteiger partial charge in [0.2, 0.25) is 0 Å². The van der Waals surface area contributed by atoms with Crippen molar-refractivity contribution in [3.63, 3.8) is 0 Å². The van der Waals surface area contributed by atoms with Gasteiger partial charge in [0.05, 0.1) is 24.1 Å². The first-order chi connectivity index (χ1) is 11.9. The largest absolute Gasteiger partial charge is 0.497 e. The number of halogens is 3. The monoisotopic (exact) mass is 343 g/mol. The molecule has 25 heavy (non-hydrogen) atoms. The number of rotatable bonds is 3. The highest BCUT2D eigenvalue weighted by Gasteiger charge is 2.28. The molecular weight excluding hydrogens is 327 g/mol. The van der Waals surface area contributed by atoms with Gasteiger partial charge in [-0.05, 0) is 11.6 Å². The molecule has 1 aliphatic rings. The van der Waals surface area contributed by atoms with Gasteiger partial charge in [-0.2, -0.15) is 0 Å². The molecule has 0 saturated carbocycles. The summed E-state index contributed by atoms with van der Waals surface area (Å²) in [5, 5.41) is 0. The smallest absolute Gasteiger partial charge is 0.146 e. The molecule has 0 N–H and O–H groups in total. The summed E-state index contributed by atoms with van der Waals surface area (Å²) in [7, 11) is 2.85. The van der Waals surface area contributed by atoms with Crippen LogP contribution in [-0.4, -0.2) is 19.1 Å². The van der Waals surface area contributed by atoms with Crippen LogP contribution < -0.4 is 4.74 Å². The molecule has 0 aromatic heterocycles. The van der Waals surface area contributed by atoms with Crippen LogP contribution in [-0.2, 0) is 0 Å². The Balaban J connectivity index is 2.34. The average molecular weight is 343 g/mol. The number of benzene rings is 2. The van der Waals surface area contributed by atoms with Gasteiger partial charge in [-0.1, -0.05) is 36.9 Å². The maximum Gasteiger partial charge on any atom is 0.146 e. The second kappa shape index (κ2) is 6.51. The van der Waals surface area contributed by atoms with Crippen LogP contribution in [0.25, 0.3) is 11.3 Å². The van der Waals surface area contributed by atoms with E-state index in [-0.39, 0.29) is 22.7 Å². The quantitative estimate of drug-likeness (QED) is 0.764. The fourth-order valence-electron chi connectivity index (χ4n) is 2.79. The molecule has 0 spiro atoms. The zero-order valence-electron chi connectivity index (χ0n) is 13.8. The van der Waals surface area contributed by atoms with Gasteiger partial charge in [-0.15, -0.1) is 0 Å². The molecule has 0 amide bonds. The maximum absolute atomic E-state index is 14.6. The lowest BCUT2D eigenvalue weighted by atomic mass is 9.94. The molecule has 0 radical (unpaired) electrons. The highest BCUT2D eigenvalue weighted by atomic mass is 19.1. The molecule has 1 aliphatic heterocycles. The number of hydrogen-bond donors (Lipinski definition) is 0. The number of ether oxygens (including phenoxy) is 1. The van der Waals surface area contributed by atoms with Crippen LogP contribution in [0.15, 0.2) is 66.6 Å². The van der Waals surface area contributed by atoms with Gasteiger partial charge < -0.3 is 9.64 Å². The van der Waals surface area contributed by atoms with Crippen LogP contribution in [0, 0.1) is 11.6 Å². The van der Waals surface area contributed by atoms with Gasteiger partial charge in [0, 0.05) is 24.8 Å². The Morgan fingerprint density at radius 2 is 1.60 bits per heavy atom. The van der Waals surface area contributed by atoms with E-state index >= 15 is 0 Å². The first-order valence-corrected chi connectivity index (χ1v) is 7.57. The standard InChI is InChI=1S/C20H16F3NO/c1-12-16(21)11-15(13-7-5-4-6-8-13)20(24(12)2)19-17(22)9-14(25-3)10-18(19)23/h4-11H,1H2,2-3H3. The highest BCUT2D eigenvalue weighted by Crippen LogP contribution is 2.41. The molecule has 0 atom stereocenters. The van der Waals surface area contributed by atoms with Crippen molar-refractivity contribution in [3.05, 3.63) is 89.4 Å². The Kier molecular flexibility index (Phi) is 4.40. The molecule has 128 valence electrons. The van der Waals surface area contributed by atoms with Gasteiger partial charge >= 0.3 is 0 Å². The van der Waals surface area contributed by atoms with Gasteiger partial charge in [0.15, 0.2) is 0 Å². The summed E-state index contributed by atoms with van der Waals surface area (Å²) in [5.41, 5.74) is 0.990. The first kappa shape index (κ1) is 16.9. The highest BCUT2D eigenvalue weighted by molar-refractivity contribution is 5.97. The topological polar surface area (TPSA) is 12.5 Å². The average Bonchev–Trinajstić information content (AvgIpc) is 2.61. The molecule has 5 heteroatoms. The minimum atomic E-state index is -0.796. The Hall–Kier alpha value is -2.95. The number of hydrogen-bond acceptors (Lipinski definition) is 2. The number of nitrogens with zero attached hydrogens (tertiary/aromatic N) is 1. The van der Waals surface area contributed by atoms with Crippen LogP contribution >= 0.6 is 0 Å². The fourth-order valence-corrected chi connectivity index (χ4v) is 2.79. The Bertz CT molecular complexity index is 877. The summed E-state index contributed by atoms with van der Waals surface area (Å²) >= 11 is 0. The Labute approximate surface area is 144 Å². The SMILES string of the molecule is C=C1C(F)=CC(c2ccccc2)=C(c2c(F)cc(OC)cc2F)N1C. The predicted octanol–water partition coefficient (Wildman–Crippen LogP) is 5.15. The number of methoxy groups -OCH3 is 1. The third-order valence-electron chi connectivity index (χ3n) is 4.12. The van der Waals surface area contributed by atoms with Gasteiger partial charge in [-0.3, -0.25) is 0 Å². The van der Waals surface area contributed by atoms with E-state index in [1.165, 1.54) is 25.1 Å². The molecule has 0 saturated heterocycles. The normalized spacial score (nSPS) is 14.7. The maximum atomic E-state index is 14.6. The molecule has 2 nitrogen and oxygen atoms in total. The Morgan fingerprint density at radius 3 is 2.16 bits per heavy atom. The molecule has 2 aromatic carbocycles. The van der Waals surface area contributed by atoms with Crippen molar-refractivity contribution in [2.75, 3.05) is 14.2 Å². The molecule has 2 aromatic rings. The van der Waals surface area contributed by atoms with E-state index in [1.807, 2.05) is 6.07 Å². The molecule has 0 bridgehead atoms. The fraction of sp³-hybridized carbons (Fsp3) is 0.100. The lowest BCUT2D eigenvalue weighted by molar-refractivity contribution is 0.405. The third kappa shape index (κ3) is 2.93. The molecule has 3 rings (SSSR count). The van der Waals surface area contributed by atoms with Crippen LogP contribution in [0.2, 0.25) is 0 Å². The van der Waals surface area contributed by atoms with Gasteiger partial charge in [0.25, 0.3) is 0 Å². The summed E-state index contributed by atoms with van der Waals surface area (Å²) in [6, 6.07) is 11.1. The third-order valence-corrected chi connectivity index (χ3v) is 4.12. The number of allylic oxidation sites excluding steroid dienone is 3. The summed E-state index contributed by atoms with van der Waals surface area (Å²) in [6.45, 7) is 3.65. The second-order valence-corrected chi connectivity index (χ2v) is 5.59. The molecule has 1 heterocycles. The molecule has 0 aliphatic carbocycles. The summed E-state index contributed by atoms with van der Waals surface area (Å²) in [4.78, 5) is 1.35. The van der Waals surface area contributed by atoms with Crippen molar-refractivity contribution < 1.29 is 17.9 Å². The summed E-state index contributed by atoms with van der Waals surface area (Å²) in [5.74, 6) is -2.08. The van der Waals surface area contributed by atoms with Crippen molar-refractivity contribution in [2.45, 2.75) is 0 Å². The lowest BCUT2D eigenvalue weighted by Gasteiger charge is -2.30. The number of likely N-dealkylation sites (N-methyl/N-ethyl adjacent to an activating group) is 1. The zero-order chi connectivity index (χ0) is 18.1. The molecule has 0 unspecified atom stereocenters. The van der Waals surface area contributed by atoms with E-state index in [9.17, 15) is 13.2 Å². The lowest BCUT2D eigenvalue weighted by Crippen LogP contribution is -2.22. The van der Waals surface area contributed by atoms with Crippen molar-refractivity contribution in [3.8, 4) is 5.75 Å². The molecule has 0 fully saturated rings. The van der Waals surface area contributed by atoms with Gasteiger partial charge in [0.1, 0.15) is 23.2 Å². The van der Waals surface area contributed by atoms with Crippen LogP contribution in [0.3, 0.4) is 0 Å². The van der Waals surface area contributed by atoms with E-state index in [4.69, 9.17) is 4.74 Å². The van der Waals surface area contributed by atoms with E-state index in [0.717, 1.165) is 12.1 Å². The second-order valence-electron chi connectivity index (χ2n) is 5.59. The minimum Gasteiger partial charge on any atom is -0.497 e. The summed E-state index contributed by atoms with van der Waals surface area (Å²) in [6.07, 6.45) is 1.25. The van der Waals surface area contributed by atoms with Crippen molar-refractivity contribution >= 4 is 11.3 Å². The van der Waals surface area contributed by atoms with E-state index in [1.54, 1.807) is 24.3 Å². The Morgan fingerprint density at radius 1 is 1.00 bits per heavy atom. The van der Waals surface area contributed by atoms with Crippen molar-refractivity contribution in [1.29, 1.82) is 0 Å². The predicted molar refractivity (Wildman–Crippen MR) is 92.3 cm³/mol. The van der Waals surface area contributed by atoms with E-state index < -0.39 is 17.5 Å². The van der Waals surface area contributed by atoms with Crippen molar-refractivity contribution in [2.24, 2.45) is 0 Å². The summed E-state index contributed by atoms with van der Waals surface area (Å²) < 4.78 is 48.4. The van der Waals surface area contributed by atoms with E-state index in [0.29, 0.717) is 11.1 Å². The van der Waals surface area contributed by atoms with E-state index in [2.05, 4.69) is 6.58 Å². The van der Waals surface area contributed by atoms with Crippen molar-refractivity contribution in [1.82, 2.24) is 4.90 Å². The molecular formula is C20H16F3NO. The first-order valence-electron chi connectivity index (χ1n) is 7.57. The zero-order valence-corrected chi connectivity index (χ0v) is 13.8. The van der Waals surface area contributed by atoms with Crippen LogP contribution in [0.4, 0.5) is 13.2 Å². The van der Waals surface area contributed by atoms with Gasteiger partial charge in [-0.25, -0.2) is 13.2 Å².